The zero-order chi connectivity index (χ0) is 38.9. The molecule has 9 N–H and O–H groups in total. The lowest BCUT2D eigenvalue weighted by Crippen LogP contribution is -2.60. The Bertz CT molecular complexity index is 1490. The molecular weight excluding hydrogens is 705 g/mol. The van der Waals surface area contributed by atoms with Crippen LogP contribution in [0.15, 0.2) is 48.5 Å². The van der Waals surface area contributed by atoms with Crippen molar-refractivity contribution in [3.63, 3.8) is 0 Å². The average molecular weight is 758 g/mol. The quantitative estimate of drug-likeness (QED) is 0.0785. The highest BCUT2D eigenvalue weighted by atomic mass is 35.5. The van der Waals surface area contributed by atoms with Gasteiger partial charge < -0.3 is 52.0 Å². The first-order valence-electron chi connectivity index (χ1n) is 18.0. The van der Waals surface area contributed by atoms with Crippen molar-refractivity contribution in [2.45, 2.75) is 89.6 Å². The van der Waals surface area contributed by atoms with Gasteiger partial charge in [0.15, 0.2) is 0 Å². The number of unbranched alkanes of at least 4 members (excludes halogenated alkanes) is 1. The summed E-state index contributed by atoms with van der Waals surface area (Å²) < 4.78 is 11.4. The van der Waals surface area contributed by atoms with E-state index >= 15 is 0 Å². The van der Waals surface area contributed by atoms with E-state index in [-0.39, 0.29) is 6.42 Å². The standard InChI is InChI=1S/C36H53BClN7O8/c1-5-29(43-33(48)27-11-9-25(10-12-27)26-13-15-28(38)16-14-26)34(49)45-31(23(3)46)36(51)41-22(2)32(47)44-30(8-6-7-17-39)35(50)42-24(4)37-52-20-18-40-19-21-53-37/h9-16,22-24,29-31,40,46H,5-8,17-21,39H2,1-4H3,(H,41,51)(H,42,50)(H,43,48)(H,44,47)(H,45,49)/t22-,23+,24-,29-,30-,31-/m0/s1. The van der Waals surface area contributed by atoms with Gasteiger partial charge in [-0.2, -0.15) is 0 Å². The lowest BCUT2D eigenvalue weighted by molar-refractivity contribution is -0.135. The second-order valence-corrected chi connectivity index (χ2v) is 13.4. The van der Waals surface area contributed by atoms with Gasteiger partial charge in [-0.3, -0.25) is 24.0 Å². The van der Waals surface area contributed by atoms with Crippen LogP contribution in [0, 0.1) is 0 Å². The van der Waals surface area contributed by atoms with Crippen LogP contribution in [0.3, 0.4) is 0 Å². The maximum atomic E-state index is 13.3. The zero-order valence-electron chi connectivity index (χ0n) is 30.8. The third kappa shape index (κ3) is 14.0. The second kappa shape index (κ2) is 22.2. The highest BCUT2D eigenvalue weighted by Gasteiger charge is 2.34. The summed E-state index contributed by atoms with van der Waals surface area (Å²) in [5.74, 6) is -3.65. The lowest BCUT2D eigenvalue weighted by Gasteiger charge is -2.27. The van der Waals surface area contributed by atoms with Crippen LogP contribution in [-0.2, 0) is 28.5 Å². The van der Waals surface area contributed by atoms with Gasteiger partial charge in [0, 0.05) is 36.9 Å². The van der Waals surface area contributed by atoms with Gasteiger partial charge in [0.05, 0.1) is 12.0 Å². The number of amides is 5. The van der Waals surface area contributed by atoms with E-state index in [1.165, 1.54) is 13.8 Å². The molecule has 0 aromatic heterocycles. The number of hydrogen-bond donors (Lipinski definition) is 8. The first-order valence-corrected chi connectivity index (χ1v) is 18.4. The molecule has 0 saturated carbocycles. The highest BCUT2D eigenvalue weighted by Crippen LogP contribution is 2.22. The summed E-state index contributed by atoms with van der Waals surface area (Å²) in [7, 11) is -0.666. The number of nitrogens with two attached hydrogens (primary N) is 1. The Morgan fingerprint density at radius 3 is 1.94 bits per heavy atom. The molecule has 1 fully saturated rings. The molecule has 6 atom stereocenters. The Hall–Kier alpha value is -4.06. The summed E-state index contributed by atoms with van der Waals surface area (Å²) in [4.78, 5) is 66.1. The number of benzene rings is 2. The molecule has 0 bridgehead atoms. The smallest absolute Gasteiger partial charge is 0.409 e. The first-order chi connectivity index (χ1) is 25.3. The largest absolute Gasteiger partial charge is 0.480 e. The van der Waals surface area contributed by atoms with Crippen LogP contribution in [0.1, 0.15) is 63.7 Å². The molecule has 0 unspecified atom stereocenters. The van der Waals surface area contributed by atoms with Crippen molar-refractivity contribution in [3.8, 4) is 11.1 Å². The minimum absolute atomic E-state index is 0.190. The molecule has 0 radical (unpaired) electrons. The van der Waals surface area contributed by atoms with Crippen LogP contribution in [0.2, 0.25) is 5.02 Å². The molecule has 1 aliphatic heterocycles. The number of rotatable bonds is 18. The van der Waals surface area contributed by atoms with Gasteiger partial charge in [-0.05, 0) is 88.4 Å². The number of halogens is 1. The van der Waals surface area contributed by atoms with Gasteiger partial charge >= 0.3 is 7.12 Å². The van der Waals surface area contributed by atoms with Crippen molar-refractivity contribution in [1.29, 1.82) is 0 Å². The molecule has 3 rings (SSSR count). The fraction of sp³-hybridized carbons (Fsp3) is 0.528. The monoisotopic (exact) mass is 757 g/mol. The fourth-order valence-corrected chi connectivity index (χ4v) is 5.61. The number of carbonyl (C=O) groups excluding carboxylic acids is 5. The Labute approximate surface area is 316 Å². The minimum Gasteiger partial charge on any atom is -0.409 e. The zero-order valence-corrected chi connectivity index (χ0v) is 31.5. The summed E-state index contributed by atoms with van der Waals surface area (Å²) in [6.45, 7) is 8.70. The minimum atomic E-state index is -1.45. The summed E-state index contributed by atoms with van der Waals surface area (Å²) in [5, 5.41) is 27.4. The average Bonchev–Trinajstić information content (AvgIpc) is 3.12. The van der Waals surface area contributed by atoms with Crippen LogP contribution in [0.25, 0.3) is 11.1 Å². The summed E-state index contributed by atoms with van der Waals surface area (Å²) in [5.41, 5.74) is 7.76. The van der Waals surface area contributed by atoms with Crippen LogP contribution < -0.4 is 37.6 Å². The van der Waals surface area contributed by atoms with Crippen molar-refractivity contribution in [3.05, 3.63) is 59.1 Å². The Balaban J connectivity index is 1.58. The summed E-state index contributed by atoms with van der Waals surface area (Å²) in [6.07, 6.45) is 0.325. The molecule has 0 aliphatic carbocycles. The Morgan fingerprint density at radius 1 is 0.792 bits per heavy atom. The molecule has 290 valence electrons. The van der Waals surface area contributed by atoms with E-state index in [0.717, 1.165) is 11.1 Å². The molecule has 0 spiro atoms. The third-order valence-electron chi connectivity index (χ3n) is 8.65. The molecule has 1 heterocycles. The van der Waals surface area contributed by atoms with E-state index in [1.54, 1.807) is 50.2 Å². The summed E-state index contributed by atoms with van der Waals surface area (Å²) >= 11 is 5.98. The van der Waals surface area contributed by atoms with Crippen molar-refractivity contribution in [2.24, 2.45) is 5.73 Å². The molecule has 2 aromatic carbocycles. The highest BCUT2D eigenvalue weighted by molar-refractivity contribution is 6.46. The van der Waals surface area contributed by atoms with E-state index in [4.69, 9.17) is 26.6 Å². The number of aliphatic hydroxyl groups excluding tert-OH is 1. The number of aliphatic hydroxyl groups is 1. The van der Waals surface area contributed by atoms with Crippen molar-refractivity contribution in [2.75, 3.05) is 32.8 Å². The lowest BCUT2D eigenvalue weighted by atomic mass is 9.79. The topological polar surface area (TPSA) is 222 Å². The molecule has 15 nitrogen and oxygen atoms in total. The van der Waals surface area contributed by atoms with Crippen LogP contribution in [0.5, 0.6) is 0 Å². The Morgan fingerprint density at radius 2 is 1.38 bits per heavy atom. The number of nitrogens with one attached hydrogen (secondary N) is 6. The molecular formula is C36H53BClN7O8. The van der Waals surface area contributed by atoms with Gasteiger partial charge in [-0.1, -0.05) is 42.8 Å². The number of carbonyl (C=O) groups is 5. The maximum Gasteiger partial charge on any atom is 0.480 e. The van der Waals surface area contributed by atoms with E-state index < -0.39 is 72.9 Å². The molecule has 17 heteroatoms. The van der Waals surface area contributed by atoms with Gasteiger partial charge in [0.25, 0.3) is 5.91 Å². The number of hydrogen-bond acceptors (Lipinski definition) is 10. The predicted octanol–water partition coefficient (Wildman–Crippen LogP) is 0.668. The van der Waals surface area contributed by atoms with E-state index in [0.29, 0.717) is 62.7 Å². The molecule has 2 aromatic rings. The fourth-order valence-electron chi connectivity index (χ4n) is 5.49. The van der Waals surface area contributed by atoms with E-state index in [9.17, 15) is 29.1 Å². The first kappa shape index (κ1) is 43.4. The SMILES string of the molecule is CC[C@H](NC(=O)c1ccc(-c2ccc(Cl)cc2)cc1)C(=O)N[C@H](C(=O)N[C@@H](C)C(=O)N[C@@H](CCCCN)C(=O)N[C@@H](C)B1OCCNCCO1)[C@@H](C)O. The van der Waals surface area contributed by atoms with Crippen LogP contribution in [0.4, 0.5) is 0 Å². The van der Waals surface area contributed by atoms with Gasteiger partial charge in [0.1, 0.15) is 24.2 Å². The van der Waals surface area contributed by atoms with Crippen LogP contribution in [-0.4, -0.2) is 111 Å². The van der Waals surface area contributed by atoms with Gasteiger partial charge in [-0.25, -0.2) is 0 Å². The van der Waals surface area contributed by atoms with Gasteiger partial charge in [-0.15, -0.1) is 0 Å². The van der Waals surface area contributed by atoms with E-state index in [1.807, 2.05) is 12.1 Å². The molecule has 1 saturated heterocycles. The molecule has 53 heavy (non-hydrogen) atoms. The van der Waals surface area contributed by atoms with Crippen molar-refractivity contribution >= 4 is 48.3 Å². The summed E-state index contributed by atoms with van der Waals surface area (Å²) in [6, 6.07) is 9.52. The second-order valence-electron chi connectivity index (χ2n) is 13.0. The van der Waals surface area contributed by atoms with Crippen LogP contribution >= 0.6 is 11.6 Å². The van der Waals surface area contributed by atoms with Crippen molar-refractivity contribution < 1.29 is 38.4 Å². The van der Waals surface area contributed by atoms with Gasteiger partial charge in [0.2, 0.25) is 23.6 Å². The van der Waals surface area contributed by atoms with Crippen molar-refractivity contribution in [1.82, 2.24) is 31.9 Å². The third-order valence-corrected chi connectivity index (χ3v) is 8.90. The normalized spacial score (nSPS) is 16.7. The molecule has 5 amide bonds. The maximum absolute atomic E-state index is 13.3. The Kier molecular flexibility index (Phi) is 18.2. The molecule has 1 aliphatic rings. The predicted molar refractivity (Wildman–Crippen MR) is 203 cm³/mol. The van der Waals surface area contributed by atoms with E-state index in [2.05, 4.69) is 31.9 Å².